The predicted molar refractivity (Wildman–Crippen MR) is 63.9 cm³/mol. The molecule has 1 rings (SSSR count). The number of hydrogen-bond donors (Lipinski definition) is 1. The van der Waals surface area contributed by atoms with Crippen molar-refractivity contribution in [2.45, 2.75) is 26.0 Å². The van der Waals surface area contributed by atoms with E-state index in [2.05, 4.69) is 24.8 Å². The first-order valence-corrected chi connectivity index (χ1v) is 5.43. The summed E-state index contributed by atoms with van der Waals surface area (Å²) in [6.07, 6.45) is -0.500. The van der Waals surface area contributed by atoms with Crippen molar-refractivity contribution in [2.75, 3.05) is 13.6 Å². The number of benzene rings is 1. The minimum absolute atomic E-state index is 0.410. The summed E-state index contributed by atoms with van der Waals surface area (Å²) < 4.78 is 0. The van der Waals surface area contributed by atoms with Gasteiger partial charge in [-0.3, -0.25) is 0 Å². The summed E-state index contributed by atoms with van der Waals surface area (Å²) in [5.74, 6) is 0. The molecule has 16 heavy (non-hydrogen) atoms. The van der Waals surface area contributed by atoms with E-state index in [0.717, 1.165) is 5.56 Å². The van der Waals surface area contributed by atoms with Gasteiger partial charge >= 0.3 is 0 Å². The maximum Gasteiger partial charge on any atom is 0.0991 e. The molecular formula is C13H18N2O. The van der Waals surface area contributed by atoms with Crippen LogP contribution in [-0.2, 0) is 0 Å². The Morgan fingerprint density at radius 3 is 2.31 bits per heavy atom. The minimum Gasteiger partial charge on any atom is -0.387 e. The van der Waals surface area contributed by atoms with Crippen molar-refractivity contribution in [1.82, 2.24) is 4.90 Å². The highest BCUT2D eigenvalue weighted by molar-refractivity contribution is 5.32. The largest absolute Gasteiger partial charge is 0.387 e. The fourth-order valence-electron chi connectivity index (χ4n) is 1.37. The topological polar surface area (TPSA) is 47.3 Å². The van der Waals surface area contributed by atoms with Gasteiger partial charge in [-0.15, -0.1) is 0 Å². The summed E-state index contributed by atoms with van der Waals surface area (Å²) in [5.41, 5.74) is 1.47. The number of nitrogens with zero attached hydrogens (tertiary/aromatic N) is 2. The van der Waals surface area contributed by atoms with Crippen molar-refractivity contribution < 1.29 is 5.11 Å². The fraction of sp³-hybridized carbons (Fsp3) is 0.462. The molecular weight excluding hydrogens is 200 g/mol. The number of hydrogen-bond acceptors (Lipinski definition) is 3. The monoisotopic (exact) mass is 218 g/mol. The molecule has 1 aromatic rings. The summed E-state index contributed by atoms with van der Waals surface area (Å²) in [5, 5.41) is 18.6. The van der Waals surface area contributed by atoms with Gasteiger partial charge in [0.2, 0.25) is 0 Å². The molecule has 1 aromatic carbocycles. The zero-order valence-corrected chi connectivity index (χ0v) is 10.0. The molecule has 0 saturated carbocycles. The van der Waals surface area contributed by atoms with E-state index in [-0.39, 0.29) is 0 Å². The Morgan fingerprint density at radius 2 is 1.88 bits per heavy atom. The smallest absolute Gasteiger partial charge is 0.0991 e. The Hall–Kier alpha value is -1.37. The number of rotatable bonds is 4. The molecule has 0 fully saturated rings. The van der Waals surface area contributed by atoms with E-state index < -0.39 is 6.10 Å². The van der Waals surface area contributed by atoms with Crippen molar-refractivity contribution in [1.29, 1.82) is 5.26 Å². The highest BCUT2D eigenvalue weighted by atomic mass is 16.3. The first-order valence-electron chi connectivity index (χ1n) is 5.43. The highest BCUT2D eigenvalue weighted by Crippen LogP contribution is 2.15. The van der Waals surface area contributed by atoms with Gasteiger partial charge in [0.25, 0.3) is 0 Å². The van der Waals surface area contributed by atoms with Crippen LogP contribution < -0.4 is 0 Å². The second kappa shape index (κ2) is 5.64. The molecule has 1 atom stereocenters. The van der Waals surface area contributed by atoms with Gasteiger partial charge in [-0.05, 0) is 38.6 Å². The third-order valence-electron chi connectivity index (χ3n) is 2.77. The summed E-state index contributed by atoms with van der Waals surface area (Å²) in [6.45, 7) is 4.78. The molecule has 0 radical (unpaired) electrons. The van der Waals surface area contributed by atoms with Crippen LogP contribution in [0.2, 0.25) is 0 Å². The fourth-order valence-corrected chi connectivity index (χ4v) is 1.37. The van der Waals surface area contributed by atoms with E-state index in [9.17, 15) is 5.11 Å². The predicted octanol–water partition coefficient (Wildman–Crippen LogP) is 1.93. The lowest BCUT2D eigenvalue weighted by Gasteiger charge is -2.24. The van der Waals surface area contributed by atoms with Crippen molar-refractivity contribution in [3.05, 3.63) is 35.4 Å². The Bertz CT molecular complexity index is 365. The number of aliphatic hydroxyl groups excluding tert-OH is 1. The van der Waals surface area contributed by atoms with Crippen LogP contribution in [-0.4, -0.2) is 29.6 Å². The number of nitriles is 1. The lowest BCUT2D eigenvalue weighted by Crippen LogP contribution is -2.30. The minimum atomic E-state index is -0.500. The molecule has 0 heterocycles. The van der Waals surface area contributed by atoms with Crippen LogP contribution in [0.3, 0.4) is 0 Å². The molecule has 1 unspecified atom stereocenters. The molecule has 3 nitrogen and oxygen atoms in total. The third-order valence-corrected chi connectivity index (χ3v) is 2.77. The lowest BCUT2D eigenvalue weighted by atomic mass is 10.1. The molecule has 1 N–H and O–H groups in total. The van der Waals surface area contributed by atoms with Gasteiger partial charge in [-0.25, -0.2) is 0 Å². The van der Waals surface area contributed by atoms with Crippen LogP contribution in [0, 0.1) is 11.3 Å². The van der Waals surface area contributed by atoms with E-state index >= 15 is 0 Å². The number of likely N-dealkylation sites (N-methyl/N-ethyl adjacent to an activating group) is 1. The van der Waals surface area contributed by atoms with Gasteiger partial charge in [0.05, 0.1) is 17.7 Å². The summed E-state index contributed by atoms with van der Waals surface area (Å²) in [6, 6.07) is 9.54. The van der Waals surface area contributed by atoms with Crippen molar-refractivity contribution in [3.8, 4) is 6.07 Å². The van der Waals surface area contributed by atoms with Gasteiger partial charge in [-0.2, -0.15) is 5.26 Å². The second-order valence-corrected chi connectivity index (χ2v) is 4.28. The van der Waals surface area contributed by atoms with Crippen LogP contribution in [0.25, 0.3) is 0 Å². The van der Waals surface area contributed by atoms with E-state index in [0.29, 0.717) is 18.2 Å². The Balaban J connectivity index is 2.66. The average Bonchev–Trinajstić information content (AvgIpc) is 2.28. The maximum atomic E-state index is 9.98. The van der Waals surface area contributed by atoms with Crippen LogP contribution >= 0.6 is 0 Å². The van der Waals surface area contributed by atoms with Crippen LogP contribution in [0.15, 0.2) is 24.3 Å². The van der Waals surface area contributed by atoms with Gasteiger partial charge in [-0.1, -0.05) is 12.1 Å². The molecule has 0 bridgehead atoms. The van der Waals surface area contributed by atoms with E-state index in [1.807, 2.05) is 7.05 Å². The molecule has 0 saturated heterocycles. The molecule has 0 aromatic heterocycles. The number of aliphatic hydroxyl groups is 1. The van der Waals surface area contributed by atoms with Crippen molar-refractivity contribution in [2.24, 2.45) is 0 Å². The SMILES string of the molecule is CC(C)N(C)CC(O)c1ccc(C#N)cc1. The normalized spacial score (nSPS) is 12.8. The molecule has 3 heteroatoms. The zero-order chi connectivity index (χ0) is 12.1. The average molecular weight is 218 g/mol. The van der Waals surface area contributed by atoms with E-state index in [4.69, 9.17) is 5.26 Å². The molecule has 0 aliphatic carbocycles. The third kappa shape index (κ3) is 3.34. The zero-order valence-electron chi connectivity index (χ0n) is 10.0. The molecule has 0 aliphatic rings. The van der Waals surface area contributed by atoms with E-state index in [1.165, 1.54) is 0 Å². The summed E-state index contributed by atoms with van der Waals surface area (Å²) in [7, 11) is 1.98. The first-order chi connectivity index (χ1) is 7.54. The van der Waals surface area contributed by atoms with Gasteiger partial charge in [0, 0.05) is 12.6 Å². The van der Waals surface area contributed by atoms with Gasteiger partial charge < -0.3 is 10.0 Å². The van der Waals surface area contributed by atoms with Crippen LogP contribution in [0.4, 0.5) is 0 Å². The van der Waals surface area contributed by atoms with Crippen LogP contribution in [0.1, 0.15) is 31.1 Å². The summed E-state index contributed by atoms with van der Waals surface area (Å²) in [4.78, 5) is 2.09. The van der Waals surface area contributed by atoms with Gasteiger partial charge in [0.15, 0.2) is 0 Å². The maximum absolute atomic E-state index is 9.98. The molecule has 0 spiro atoms. The quantitative estimate of drug-likeness (QED) is 0.840. The Morgan fingerprint density at radius 1 is 1.31 bits per heavy atom. The standard InChI is InChI=1S/C13H18N2O/c1-10(2)15(3)9-13(16)12-6-4-11(8-14)5-7-12/h4-7,10,13,16H,9H2,1-3H3. The van der Waals surface area contributed by atoms with Crippen LogP contribution in [0.5, 0.6) is 0 Å². The Kier molecular flexibility index (Phi) is 4.48. The Labute approximate surface area is 96.9 Å². The first kappa shape index (κ1) is 12.7. The highest BCUT2D eigenvalue weighted by Gasteiger charge is 2.12. The second-order valence-electron chi connectivity index (χ2n) is 4.28. The van der Waals surface area contributed by atoms with Gasteiger partial charge in [0.1, 0.15) is 0 Å². The van der Waals surface area contributed by atoms with Crippen molar-refractivity contribution in [3.63, 3.8) is 0 Å². The van der Waals surface area contributed by atoms with E-state index in [1.54, 1.807) is 24.3 Å². The molecule has 86 valence electrons. The summed E-state index contributed by atoms with van der Waals surface area (Å²) >= 11 is 0. The lowest BCUT2D eigenvalue weighted by molar-refractivity contribution is 0.112. The molecule has 0 amide bonds. The molecule has 0 aliphatic heterocycles. The van der Waals surface area contributed by atoms with Crippen molar-refractivity contribution >= 4 is 0 Å².